The molecule has 0 saturated carbocycles. The fourth-order valence-electron chi connectivity index (χ4n) is 4.01. The third-order valence-electron chi connectivity index (χ3n) is 5.11. The van der Waals surface area contributed by atoms with Gasteiger partial charge in [0.15, 0.2) is 5.65 Å². The Labute approximate surface area is 144 Å². The van der Waals surface area contributed by atoms with Crippen LogP contribution in [0.4, 0.5) is 10.2 Å². The van der Waals surface area contributed by atoms with E-state index < -0.39 is 0 Å². The summed E-state index contributed by atoms with van der Waals surface area (Å²) in [6.07, 6.45) is 6.13. The number of pyridine rings is 2. The summed E-state index contributed by atoms with van der Waals surface area (Å²) in [6.45, 7) is 2.33. The van der Waals surface area contributed by atoms with Crippen LogP contribution < -0.4 is 4.90 Å². The minimum atomic E-state index is -0.230. The summed E-state index contributed by atoms with van der Waals surface area (Å²) in [5, 5.41) is 0.990. The van der Waals surface area contributed by atoms with E-state index in [1.54, 1.807) is 24.8 Å². The minimum Gasteiger partial charge on any atom is -0.347 e. The van der Waals surface area contributed by atoms with Gasteiger partial charge in [0.2, 0.25) is 0 Å². The Morgan fingerprint density at radius 3 is 2.64 bits per heavy atom. The zero-order chi connectivity index (χ0) is 16.8. The van der Waals surface area contributed by atoms with Gasteiger partial charge < -0.3 is 4.90 Å². The predicted octanol–water partition coefficient (Wildman–Crippen LogP) is 2.02. The second kappa shape index (κ2) is 5.70. The van der Waals surface area contributed by atoms with Crippen molar-refractivity contribution in [3.05, 3.63) is 54.5 Å². The van der Waals surface area contributed by atoms with Crippen LogP contribution in [0, 0.1) is 5.82 Å². The van der Waals surface area contributed by atoms with Crippen LogP contribution in [-0.4, -0.2) is 50.0 Å². The van der Waals surface area contributed by atoms with Gasteiger partial charge in [0, 0.05) is 44.1 Å². The number of piperazine rings is 1. The van der Waals surface area contributed by atoms with Crippen LogP contribution in [-0.2, 0) is 6.54 Å². The largest absolute Gasteiger partial charge is 0.347 e. The normalized spacial score (nSPS) is 22.8. The Morgan fingerprint density at radius 1 is 1.00 bits per heavy atom. The Morgan fingerprint density at radius 2 is 1.80 bits per heavy atom. The zero-order valence-corrected chi connectivity index (χ0v) is 13.6. The number of halogens is 1. The first-order chi connectivity index (χ1) is 12.3. The Hall–Kier alpha value is -2.67. The van der Waals surface area contributed by atoms with E-state index >= 15 is 0 Å². The molecule has 7 heteroatoms. The average molecular weight is 336 g/mol. The number of piperidine rings is 1. The molecule has 0 N–H and O–H groups in total. The number of hydrogen-bond donors (Lipinski definition) is 0. The Bertz CT molecular complexity index is 915. The summed E-state index contributed by atoms with van der Waals surface area (Å²) in [6, 6.07) is 7.82. The molecule has 0 amide bonds. The van der Waals surface area contributed by atoms with Gasteiger partial charge in [0.05, 0.1) is 11.1 Å². The lowest BCUT2D eigenvalue weighted by Gasteiger charge is -2.57. The molecule has 3 aromatic heterocycles. The monoisotopic (exact) mass is 336 g/mol. The molecule has 2 bridgehead atoms. The fourth-order valence-corrected chi connectivity index (χ4v) is 4.01. The molecule has 3 aliphatic rings. The number of nitrogens with zero attached hydrogens (tertiary/aromatic N) is 6. The van der Waals surface area contributed by atoms with Crippen LogP contribution in [0.5, 0.6) is 0 Å². The third kappa shape index (κ3) is 2.42. The van der Waals surface area contributed by atoms with Crippen LogP contribution in [0.1, 0.15) is 12.1 Å². The molecular weight excluding hydrogens is 319 g/mol. The van der Waals surface area contributed by atoms with Crippen LogP contribution in [0.3, 0.4) is 0 Å². The summed E-state index contributed by atoms with van der Waals surface area (Å²) in [5.74, 6) is 0.731. The van der Waals surface area contributed by atoms with Crippen LogP contribution >= 0.6 is 0 Å². The highest BCUT2D eigenvalue weighted by Gasteiger charge is 2.45. The van der Waals surface area contributed by atoms with Crippen molar-refractivity contribution in [1.29, 1.82) is 0 Å². The molecule has 0 aliphatic carbocycles. The molecule has 126 valence electrons. The minimum absolute atomic E-state index is 0.230. The second-order valence-corrected chi connectivity index (χ2v) is 6.65. The number of hydrogen-bond acceptors (Lipinski definition) is 6. The van der Waals surface area contributed by atoms with Crippen molar-refractivity contribution < 1.29 is 4.39 Å². The molecule has 3 aliphatic heterocycles. The highest BCUT2D eigenvalue weighted by molar-refractivity contribution is 5.87. The SMILES string of the molecule is Fc1cccnc1CN1CC2CC(C1)N2c1ncnc2ncccc12. The molecule has 6 heterocycles. The summed E-state index contributed by atoms with van der Waals surface area (Å²) in [5.41, 5.74) is 1.25. The van der Waals surface area contributed by atoms with Crippen molar-refractivity contribution in [2.45, 2.75) is 25.0 Å². The standard InChI is InChI=1S/C18H17FN6/c19-15-4-2-5-20-16(15)10-24-8-12-7-13(9-24)25(12)18-14-3-1-6-21-17(14)22-11-23-18/h1-6,11-13H,7-10H2. The molecule has 3 saturated heterocycles. The van der Waals surface area contributed by atoms with Crippen molar-refractivity contribution >= 4 is 16.9 Å². The molecule has 6 rings (SSSR count). The lowest BCUT2D eigenvalue weighted by atomic mass is 9.87. The van der Waals surface area contributed by atoms with Gasteiger partial charge in [0.1, 0.15) is 18.0 Å². The van der Waals surface area contributed by atoms with E-state index in [2.05, 4.69) is 29.7 Å². The van der Waals surface area contributed by atoms with E-state index in [1.807, 2.05) is 12.1 Å². The Kier molecular flexibility index (Phi) is 3.34. The molecule has 3 fully saturated rings. The summed E-state index contributed by atoms with van der Waals surface area (Å²) in [7, 11) is 0. The first-order valence-electron chi connectivity index (χ1n) is 8.45. The van der Waals surface area contributed by atoms with Crippen molar-refractivity contribution in [1.82, 2.24) is 24.8 Å². The first kappa shape index (κ1) is 14.7. The maximum atomic E-state index is 13.8. The summed E-state index contributed by atoms with van der Waals surface area (Å²) >= 11 is 0. The van der Waals surface area contributed by atoms with E-state index in [0.29, 0.717) is 24.3 Å². The highest BCUT2D eigenvalue weighted by atomic mass is 19.1. The summed E-state index contributed by atoms with van der Waals surface area (Å²) < 4.78 is 13.8. The van der Waals surface area contributed by atoms with Gasteiger partial charge >= 0.3 is 0 Å². The van der Waals surface area contributed by atoms with Gasteiger partial charge in [-0.25, -0.2) is 19.3 Å². The van der Waals surface area contributed by atoms with E-state index in [9.17, 15) is 4.39 Å². The number of fused-ring (bicyclic) bond motifs is 3. The van der Waals surface area contributed by atoms with Crippen molar-refractivity contribution in [2.75, 3.05) is 18.0 Å². The predicted molar refractivity (Wildman–Crippen MR) is 91.5 cm³/mol. The van der Waals surface area contributed by atoms with Gasteiger partial charge in [-0.3, -0.25) is 9.88 Å². The van der Waals surface area contributed by atoms with Gasteiger partial charge in [-0.05, 0) is 30.7 Å². The van der Waals surface area contributed by atoms with Gasteiger partial charge in [-0.15, -0.1) is 0 Å². The zero-order valence-electron chi connectivity index (χ0n) is 13.6. The lowest BCUT2D eigenvalue weighted by molar-refractivity contribution is 0.106. The molecule has 2 unspecified atom stereocenters. The smallest absolute Gasteiger partial charge is 0.164 e. The second-order valence-electron chi connectivity index (χ2n) is 6.65. The van der Waals surface area contributed by atoms with Crippen LogP contribution in [0.2, 0.25) is 0 Å². The molecule has 3 aromatic rings. The maximum absolute atomic E-state index is 13.8. The molecule has 0 radical (unpaired) electrons. The van der Waals surface area contributed by atoms with Crippen molar-refractivity contribution in [2.24, 2.45) is 0 Å². The van der Waals surface area contributed by atoms with E-state index in [-0.39, 0.29) is 5.82 Å². The number of aromatic nitrogens is 4. The Balaban J connectivity index is 1.37. The van der Waals surface area contributed by atoms with E-state index in [4.69, 9.17) is 0 Å². The van der Waals surface area contributed by atoms with Crippen LogP contribution in [0.25, 0.3) is 11.0 Å². The van der Waals surface area contributed by atoms with Gasteiger partial charge in [0.25, 0.3) is 0 Å². The lowest BCUT2D eigenvalue weighted by Crippen LogP contribution is -2.69. The number of anilines is 1. The highest BCUT2D eigenvalue weighted by Crippen LogP contribution is 2.38. The topological polar surface area (TPSA) is 58.0 Å². The van der Waals surface area contributed by atoms with Gasteiger partial charge in [-0.2, -0.15) is 0 Å². The molecule has 0 spiro atoms. The maximum Gasteiger partial charge on any atom is 0.164 e. The molecule has 25 heavy (non-hydrogen) atoms. The molecule has 2 atom stereocenters. The van der Waals surface area contributed by atoms with Crippen molar-refractivity contribution in [3.63, 3.8) is 0 Å². The third-order valence-corrected chi connectivity index (χ3v) is 5.11. The fraction of sp³-hybridized carbons (Fsp3) is 0.333. The average Bonchev–Trinajstić information content (AvgIpc) is 2.64. The van der Waals surface area contributed by atoms with Crippen LogP contribution in [0.15, 0.2) is 43.0 Å². The number of rotatable bonds is 3. The summed E-state index contributed by atoms with van der Waals surface area (Å²) in [4.78, 5) is 21.9. The van der Waals surface area contributed by atoms with Gasteiger partial charge in [-0.1, -0.05) is 0 Å². The molecule has 0 aromatic carbocycles. The molecular formula is C18H17FN6. The first-order valence-corrected chi connectivity index (χ1v) is 8.45. The quantitative estimate of drug-likeness (QED) is 0.729. The molecule has 6 nitrogen and oxygen atoms in total. The van der Waals surface area contributed by atoms with Crippen molar-refractivity contribution in [3.8, 4) is 0 Å². The van der Waals surface area contributed by atoms with E-state index in [1.165, 1.54) is 6.07 Å². The van der Waals surface area contributed by atoms with E-state index in [0.717, 1.165) is 36.4 Å².